The van der Waals surface area contributed by atoms with E-state index in [2.05, 4.69) is 63.9 Å². The van der Waals surface area contributed by atoms with E-state index >= 15 is 0 Å². The number of benzene rings is 3. The molecule has 6 heterocycles. The summed E-state index contributed by atoms with van der Waals surface area (Å²) in [4.78, 5) is 73.5. The number of rotatable bonds is 9. The average molecular weight is 861 g/mol. The van der Waals surface area contributed by atoms with E-state index in [0.29, 0.717) is 50.9 Å². The van der Waals surface area contributed by atoms with Crippen molar-refractivity contribution < 1.29 is 38.1 Å². The van der Waals surface area contributed by atoms with E-state index < -0.39 is 24.3 Å². The zero-order valence-corrected chi connectivity index (χ0v) is 36.7. The topological polar surface area (TPSA) is 193 Å². The Morgan fingerprint density at radius 2 is 1.63 bits per heavy atom. The van der Waals surface area contributed by atoms with Gasteiger partial charge in [-0.3, -0.25) is 9.59 Å². The molecule has 1 unspecified atom stereocenters. The number of nitrogens with one attached hydrogen (secondary N) is 4. The first-order valence-corrected chi connectivity index (χ1v) is 22.1. The van der Waals surface area contributed by atoms with Crippen LogP contribution in [0.1, 0.15) is 89.1 Å². The van der Waals surface area contributed by atoms with Crippen LogP contribution in [-0.4, -0.2) is 106 Å². The number of likely N-dealkylation sites (tertiary alicyclic amines) is 2. The van der Waals surface area contributed by atoms with Crippen molar-refractivity contribution in [1.29, 1.82) is 0 Å². The maximum absolute atomic E-state index is 14.3. The molecule has 16 nitrogen and oxygen atoms in total. The summed E-state index contributed by atoms with van der Waals surface area (Å²) in [6.07, 6.45) is 4.24. The minimum absolute atomic E-state index is 0.0287. The Bertz CT molecular complexity index is 2560. The van der Waals surface area contributed by atoms with Crippen LogP contribution in [0.4, 0.5) is 9.59 Å². The third kappa shape index (κ3) is 7.93. The second-order valence-electron chi connectivity index (χ2n) is 18.0. The highest BCUT2D eigenvalue weighted by molar-refractivity contribution is 6.07. The molecule has 4 aliphatic rings. The molecule has 63 heavy (non-hydrogen) atoms. The lowest BCUT2D eigenvalue weighted by molar-refractivity contribution is -0.138. The fourth-order valence-electron chi connectivity index (χ4n) is 10.1. The molecule has 332 valence electrons. The summed E-state index contributed by atoms with van der Waals surface area (Å²) in [5.41, 5.74) is 6.58. The average Bonchev–Trinajstić information content (AvgIpc) is 4.12. The van der Waals surface area contributed by atoms with Gasteiger partial charge in [-0.05, 0) is 103 Å². The Morgan fingerprint density at radius 3 is 2.40 bits per heavy atom. The maximum atomic E-state index is 14.3. The highest BCUT2D eigenvalue weighted by Gasteiger charge is 2.44. The molecule has 4 amide bonds. The van der Waals surface area contributed by atoms with Crippen molar-refractivity contribution in [2.24, 2.45) is 17.8 Å². The van der Waals surface area contributed by atoms with Gasteiger partial charge in [-0.2, -0.15) is 0 Å². The molecule has 0 radical (unpaired) electrons. The molecule has 0 saturated carbocycles. The molecule has 16 heteroatoms. The molecular formula is C47H56N8O8. The monoisotopic (exact) mass is 860 g/mol. The van der Waals surface area contributed by atoms with Crippen LogP contribution < -0.4 is 15.4 Å². The van der Waals surface area contributed by atoms with E-state index in [-0.39, 0.29) is 47.7 Å². The molecule has 4 aliphatic heterocycles. The Labute approximate surface area is 365 Å². The first kappa shape index (κ1) is 42.2. The van der Waals surface area contributed by atoms with Crippen LogP contribution in [0.25, 0.3) is 44.2 Å². The van der Waals surface area contributed by atoms with Gasteiger partial charge in [0.25, 0.3) is 0 Å². The van der Waals surface area contributed by atoms with Gasteiger partial charge in [-0.15, -0.1) is 0 Å². The van der Waals surface area contributed by atoms with Crippen molar-refractivity contribution >= 4 is 45.8 Å². The molecule has 0 aliphatic carbocycles. The number of nitrogens with zero attached hydrogens (tertiary/aromatic N) is 4. The second-order valence-corrected chi connectivity index (χ2v) is 18.0. The van der Waals surface area contributed by atoms with Crippen LogP contribution in [0.5, 0.6) is 5.75 Å². The van der Waals surface area contributed by atoms with Crippen LogP contribution in [0.15, 0.2) is 48.7 Å². The Morgan fingerprint density at radius 1 is 0.857 bits per heavy atom. The van der Waals surface area contributed by atoms with Gasteiger partial charge >= 0.3 is 12.2 Å². The van der Waals surface area contributed by atoms with Gasteiger partial charge in [0.1, 0.15) is 36.1 Å². The van der Waals surface area contributed by atoms with Gasteiger partial charge < -0.3 is 49.3 Å². The molecule has 3 aromatic carbocycles. The Kier molecular flexibility index (Phi) is 11.5. The zero-order chi connectivity index (χ0) is 44.1. The van der Waals surface area contributed by atoms with Crippen molar-refractivity contribution in [3.63, 3.8) is 0 Å². The predicted molar refractivity (Wildman–Crippen MR) is 235 cm³/mol. The number of methoxy groups -OCH3 is 2. The van der Waals surface area contributed by atoms with E-state index in [1.807, 2.05) is 42.8 Å². The number of ether oxygens (including phenoxy) is 4. The number of alkyl carbamates (subject to hydrolysis) is 2. The molecule has 9 rings (SSSR count). The first-order valence-electron chi connectivity index (χ1n) is 22.1. The summed E-state index contributed by atoms with van der Waals surface area (Å²) in [5.74, 6) is 1.98. The van der Waals surface area contributed by atoms with E-state index in [9.17, 15) is 19.2 Å². The number of hydrogen-bond acceptors (Lipinski definition) is 10. The van der Waals surface area contributed by atoms with Gasteiger partial charge in [0, 0.05) is 36.8 Å². The lowest BCUT2D eigenvalue weighted by Gasteiger charge is -2.36. The molecular weight excluding hydrogens is 805 g/mol. The number of carbonyl (C=O) groups excluding carboxylic acids is 4. The van der Waals surface area contributed by atoms with E-state index in [1.54, 1.807) is 0 Å². The third-order valence-electron chi connectivity index (χ3n) is 13.5. The van der Waals surface area contributed by atoms with Crippen molar-refractivity contribution in [2.75, 3.05) is 34.0 Å². The number of hydrogen-bond donors (Lipinski definition) is 4. The quantitative estimate of drug-likeness (QED) is 0.118. The minimum Gasteiger partial charge on any atom is -0.488 e. The van der Waals surface area contributed by atoms with Gasteiger partial charge in [0.2, 0.25) is 11.8 Å². The van der Waals surface area contributed by atoms with Crippen LogP contribution in [-0.2, 0) is 30.4 Å². The first-order chi connectivity index (χ1) is 30.4. The molecule has 6 atom stereocenters. The highest BCUT2D eigenvalue weighted by atomic mass is 16.5. The molecule has 0 spiro atoms. The molecule has 3 fully saturated rings. The van der Waals surface area contributed by atoms with Crippen molar-refractivity contribution in [1.82, 2.24) is 40.4 Å². The smallest absolute Gasteiger partial charge is 0.407 e. The van der Waals surface area contributed by atoms with Crippen molar-refractivity contribution in [3.8, 4) is 28.1 Å². The van der Waals surface area contributed by atoms with Gasteiger partial charge in [-0.25, -0.2) is 19.6 Å². The van der Waals surface area contributed by atoms with Crippen molar-refractivity contribution in [3.05, 3.63) is 65.9 Å². The zero-order valence-electron chi connectivity index (χ0n) is 36.7. The summed E-state index contributed by atoms with van der Waals surface area (Å²) in [7, 11) is 2.60. The van der Waals surface area contributed by atoms with E-state index in [1.165, 1.54) is 14.2 Å². The van der Waals surface area contributed by atoms with Crippen molar-refractivity contribution in [2.45, 2.75) is 96.6 Å². The standard InChI is InChI=1S/C47H56N8O8/c1-24(2)39(52-46(58)60-5)44(56)54-22-25(3)17-37(54)43-49-34-11-9-28-19-33-31-10-8-29(18-30(31)23-63-38(33)20-32(28)41(34)51-43)35-21-48-42(50-35)36-12-7-26(4)55(36)45(57)40(53-47(59)61-6)27-13-15-62-16-14-27/h8-11,18-21,24-27,36-37,39-40H,7,12-17,22-23H2,1-6H3,(H,48,50)(H,49,51)(H,52,58)(H,53,59)/t25-,26-,36-,37-,39-,40?/m0/s1. The summed E-state index contributed by atoms with van der Waals surface area (Å²) < 4.78 is 21.7. The largest absolute Gasteiger partial charge is 0.488 e. The maximum Gasteiger partial charge on any atom is 0.407 e. The third-order valence-corrected chi connectivity index (χ3v) is 13.5. The summed E-state index contributed by atoms with van der Waals surface area (Å²) in [5, 5.41) is 7.53. The number of H-pyrrole nitrogens is 2. The van der Waals surface area contributed by atoms with Crippen LogP contribution >= 0.6 is 0 Å². The Balaban J connectivity index is 0.960. The van der Waals surface area contributed by atoms with Gasteiger partial charge in [0.15, 0.2) is 0 Å². The predicted octanol–water partition coefficient (Wildman–Crippen LogP) is 7.16. The molecule has 4 N–H and O–H groups in total. The molecule has 2 aromatic heterocycles. The molecule has 3 saturated heterocycles. The number of amides is 4. The lowest BCUT2D eigenvalue weighted by atomic mass is 9.90. The van der Waals surface area contributed by atoms with Gasteiger partial charge in [-0.1, -0.05) is 39.0 Å². The fourth-order valence-corrected chi connectivity index (χ4v) is 10.1. The Hall–Kier alpha value is -6.16. The SMILES string of the molecule is COC(=O)NC(C(=O)N1[C@@H](C)CC[C@H]1c1ncc(-c2ccc3c(c2)COc2cc4c(ccc5[nH]c([C@@H]6C[C@H](C)CN6C(=O)[C@@H](NC(=O)OC)C(C)C)nc54)cc2-3)[nH]1)C1CCOCC1. The summed E-state index contributed by atoms with van der Waals surface area (Å²) >= 11 is 0. The van der Waals surface area contributed by atoms with E-state index in [4.69, 9.17) is 28.9 Å². The lowest BCUT2D eigenvalue weighted by Crippen LogP contribution is -2.54. The van der Waals surface area contributed by atoms with Gasteiger partial charge in [0.05, 0.1) is 49.2 Å². The highest BCUT2D eigenvalue weighted by Crippen LogP contribution is 2.44. The van der Waals surface area contributed by atoms with Crippen LogP contribution in [0.2, 0.25) is 0 Å². The fraction of sp³-hybridized carbons (Fsp3) is 0.489. The van der Waals surface area contributed by atoms with Crippen LogP contribution in [0.3, 0.4) is 0 Å². The van der Waals surface area contributed by atoms with E-state index in [0.717, 1.165) is 74.8 Å². The molecule has 0 bridgehead atoms. The second kappa shape index (κ2) is 17.2. The number of carbonyl (C=O) groups is 4. The minimum atomic E-state index is -0.723. The number of fused-ring (bicyclic) bond motifs is 6. The van der Waals surface area contributed by atoms with Crippen LogP contribution in [0, 0.1) is 17.8 Å². The summed E-state index contributed by atoms with van der Waals surface area (Å²) in [6.45, 7) is 10.0. The normalized spacial score (nSPS) is 22.1. The molecule has 5 aromatic rings. The number of imidazole rings is 2. The summed E-state index contributed by atoms with van der Waals surface area (Å²) in [6, 6.07) is 12.7. The number of aromatic amines is 2. The number of aromatic nitrogens is 4.